The van der Waals surface area contributed by atoms with Crippen LogP contribution >= 0.6 is 11.6 Å². The molecule has 1 aliphatic rings. The van der Waals surface area contributed by atoms with E-state index in [0.717, 1.165) is 12.8 Å². The average molecular weight is 528 g/mol. The number of carboxylic acid groups (broad SMARTS) is 1. The van der Waals surface area contributed by atoms with E-state index in [4.69, 9.17) is 16.0 Å². The minimum Gasteiger partial charge on any atom is -0.478 e. The van der Waals surface area contributed by atoms with Crippen LogP contribution in [0.25, 0.3) is 33.6 Å². The van der Waals surface area contributed by atoms with Gasteiger partial charge in [0.2, 0.25) is 5.71 Å². The van der Waals surface area contributed by atoms with Crippen LogP contribution in [-0.4, -0.2) is 33.0 Å². The number of benzene rings is 2. The maximum Gasteiger partial charge on any atom is 0.340 e. The summed E-state index contributed by atoms with van der Waals surface area (Å²) in [6.45, 7) is 0. The van der Waals surface area contributed by atoms with Crippen molar-refractivity contribution in [1.82, 2.24) is 9.97 Å². The highest BCUT2D eigenvalue weighted by atomic mass is 35.5. The number of nitrogens with zero attached hydrogens (tertiary/aromatic N) is 3. The normalized spacial score (nSPS) is 13.0. The molecule has 0 unspecified atom stereocenters. The van der Waals surface area contributed by atoms with Crippen molar-refractivity contribution in [3.05, 3.63) is 101 Å². The molecule has 38 heavy (non-hydrogen) atoms. The predicted molar refractivity (Wildman–Crippen MR) is 141 cm³/mol. The highest BCUT2D eigenvalue weighted by molar-refractivity contribution is 6.33. The molecule has 0 atom stereocenters. The lowest BCUT2D eigenvalue weighted by Crippen LogP contribution is -2.33. The highest BCUT2D eigenvalue weighted by Gasteiger charge is 2.35. The largest absolute Gasteiger partial charge is 0.478 e. The Morgan fingerprint density at radius 2 is 1.79 bits per heavy atom. The highest BCUT2D eigenvalue weighted by Crippen LogP contribution is 2.38. The Balaban J connectivity index is 1.43. The molecule has 1 N–H and O–H groups in total. The Morgan fingerprint density at radius 1 is 1.00 bits per heavy atom. The third-order valence-corrected chi connectivity index (χ3v) is 6.75. The van der Waals surface area contributed by atoms with E-state index in [-0.39, 0.29) is 34.4 Å². The molecule has 0 bridgehead atoms. The van der Waals surface area contributed by atoms with Crippen LogP contribution < -0.4 is 4.90 Å². The second-order valence-electron chi connectivity index (χ2n) is 8.98. The van der Waals surface area contributed by atoms with Crippen LogP contribution in [0.15, 0.2) is 83.5 Å². The van der Waals surface area contributed by atoms with Gasteiger partial charge in [0, 0.05) is 45.7 Å². The number of hydrogen-bond acceptors (Lipinski definition) is 5. The summed E-state index contributed by atoms with van der Waals surface area (Å²) in [5.74, 6) is -1.21. The van der Waals surface area contributed by atoms with Gasteiger partial charge in [0.15, 0.2) is 5.76 Å². The van der Waals surface area contributed by atoms with Crippen LogP contribution in [-0.2, 0) is 0 Å². The molecular formula is C29H19ClFN3O4. The average Bonchev–Trinajstić information content (AvgIpc) is 3.68. The minimum absolute atomic E-state index is 0.0719. The SMILES string of the molecule is O=C(O)c1c(-c2ccc(F)cc2)oc2ncc(-c3cc(C(=O)N(c4ccccn4)C4CC4)ccc3Cl)cc12. The molecule has 3 heterocycles. The van der Waals surface area contributed by atoms with Gasteiger partial charge in [0.25, 0.3) is 5.91 Å². The van der Waals surface area contributed by atoms with Gasteiger partial charge in [0.1, 0.15) is 17.2 Å². The number of carbonyl (C=O) groups is 2. The molecule has 6 rings (SSSR count). The van der Waals surface area contributed by atoms with Crippen LogP contribution in [0.3, 0.4) is 0 Å². The second kappa shape index (κ2) is 9.39. The molecule has 0 spiro atoms. The number of furan rings is 1. The van der Waals surface area contributed by atoms with Crippen LogP contribution in [0.2, 0.25) is 5.02 Å². The molecule has 2 aromatic carbocycles. The zero-order valence-electron chi connectivity index (χ0n) is 19.8. The lowest BCUT2D eigenvalue weighted by atomic mass is 10.0. The maximum atomic E-state index is 13.6. The molecule has 0 radical (unpaired) electrons. The molecule has 1 aliphatic carbocycles. The summed E-state index contributed by atoms with van der Waals surface area (Å²) in [7, 11) is 0. The molecule has 188 valence electrons. The van der Waals surface area contributed by atoms with Gasteiger partial charge in [-0.3, -0.25) is 9.69 Å². The zero-order valence-corrected chi connectivity index (χ0v) is 20.5. The summed E-state index contributed by atoms with van der Waals surface area (Å²) in [5.41, 5.74) is 1.87. The Hall–Kier alpha value is -4.56. The quantitative estimate of drug-likeness (QED) is 0.259. The van der Waals surface area contributed by atoms with E-state index in [9.17, 15) is 19.1 Å². The summed E-state index contributed by atoms with van der Waals surface area (Å²) < 4.78 is 19.2. The van der Waals surface area contributed by atoms with Crippen molar-refractivity contribution in [2.75, 3.05) is 4.90 Å². The molecule has 0 aliphatic heterocycles. The maximum absolute atomic E-state index is 13.6. The van der Waals surface area contributed by atoms with Gasteiger partial charge in [-0.05, 0) is 73.5 Å². The number of pyridine rings is 2. The van der Waals surface area contributed by atoms with Gasteiger partial charge >= 0.3 is 5.97 Å². The third-order valence-electron chi connectivity index (χ3n) is 6.42. The number of rotatable bonds is 6. The standard InChI is InChI=1S/C29H19ClFN3O4/c30-23-11-6-17(28(35)34(20-9-10-20)24-3-1-2-12-32-24)13-21(23)18-14-22-25(29(36)37)26(38-27(22)33-15-18)16-4-7-19(31)8-5-16/h1-8,11-15,20H,9-10H2,(H,36,37). The number of hydrogen-bond donors (Lipinski definition) is 1. The van der Waals surface area contributed by atoms with E-state index < -0.39 is 11.8 Å². The fourth-order valence-electron chi connectivity index (χ4n) is 4.45. The number of aromatic nitrogens is 2. The topological polar surface area (TPSA) is 96.5 Å². The number of fused-ring (bicyclic) bond motifs is 1. The van der Waals surface area contributed by atoms with E-state index in [0.29, 0.717) is 33.1 Å². The molecule has 3 aromatic heterocycles. The van der Waals surface area contributed by atoms with Gasteiger partial charge < -0.3 is 9.52 Å². The Bertz CT molecular complexity index is 1700. The number of carboxylic acids is 1. The van der Waals surface area contributed by atoms with Crippen molar-refractivity contribution >= 4 is 40.4 Å². The third kappa shape index (κ3) is 4.29. The molecule has 5 aromatic rings. The summed E-state index contributed by atoms with van der Waals surface area (Å²) in [4.78, 5) is 36.2. The molecule has 0 saturated heterocycles. The van der Waals surface area contributed by atoms with Crippen molar-refractivity contribution in [2.24, 2.45) is 0 Å². The second-order valence-corrected chi connectivity index (χ2v) is 9.39. The summed E-state index contributed by atoms with van der Waals surface area (Å²) in [5, 5.41) is 10.6. The monoisotopic (exact) mass is 527 g/mol. The van der Waals surface area contributed by atoms with Gasteiger partial charge in [-0.25, -0.2) is 19.2 Å². The molecular weight excluding hydrogens is 509 g/mol. The lowest BCUT2D eigenvalue weighted by molar-refractivity contribution is 0.0698. The van der Waals surface area contributed by atoms with Crippen molar-refractivity contribution < 1.29 is 23.5 Å². The Kier molecular flexibility index (Phi) is 5.88. The number of amides is 1. The van der Waals surface area contributed by atoms with E-state index >= 15 is 0 Å². The Morgan fingerprint density at radius 3 is 2.47 bits per heavy atom. The number of anilines is 1. The molecule has 1 fully saturated rings. The number of halogens is 2. The van der Waals surface area contributed by atoms with Crippen LogP contribution in [0.5, 0.6) is 0 Å². The van der Waals surface area contributed by atoms with Gasteiger partial charge in [-0.1, -0.05) is 17.7 Å². The summed E-state index contributed by atoms with van der Waals surface area (Å²) >= 11 is 6.54. The van der Waals surface area contributed by atoms with Gasteiger partial charge in [-0.2, -0.15) is 0 Å². The van der Waals surface area contributed by atoms with E-state index in [1.807, 2.05) is 6.07 Å². The van der Waals surface area contributed by atoms with Crippen molar-refractivity contribution in [3.63, 3.8) is 0 Å². The first-order chi connectivity index (χ1) is 18.4. The van der Waals surface area contributed by atoms with Crippen molar-refractivity contribution in [3.8, 4) is 22.5 Å². The first-order valence-corrected chi connectivity index (χ1v) is 12.2. The van der Waals surface area contributed by atoms with Crippen molar-refractivity contribution in [2.45, 2.75) is 18.9 Å². The first kappa shape index (κ1) is 23.8. The Labute approximate surface area is 221 Å². The van der Waals surface area contributed by atoms with Crippen molar-refractivity contribution in [1.29, 1.82) is 0 Å². The predicted octanol–water partition coefficient (Wildman–Crippen LogP) is 6.86. The first-order valence-electron chi connectivity index (χ1n) is 11.9. The number of carbonyl (C=O) groups excluding carboxylic acids is 1. The van der Waals surface area contributed by atoms with Crippen LogP contribution in [0.1, 0.15) is 33.6 Å². The fraction of sp³-hybridized carbons (Fsp3) is 0.103. The summed E-state index contributed by atoms with van der Waals surface area (Å²) in [6.07, 6.45) is 4.96. The smallest absolute Gasteiger partial charge is 0.340 e. The minimum atomic E-state index is -1.22. The van der Waals surface area contributed by atoms with E-state index in [1.165, 1.54) is 30.5 Å². The van der Waals surface area contributed by atoms with E-state index in [1.54, 1.807) is 47.5 Å². The summed E-state index contributed by atoms with van der Waals surface area (Å²) in [6, 6.07) is 17.5. The van der Waals surface area contributed by atoms with Crippen LogP contribution in [0, 0.1) is 5.82 Å². The van der Waals surface area contributed by atoms with E-state index in [2.05, 4.69) is 9.97 Å². The molecule has 7 nitrogen and oxygen atoms in total. The van der Waals surface area contributed by atoms with Gasteiger partial charge in [0.05, 0.1) is 5.39 Å². The lowest BCUT2D eigenvalue weighted by Gasteiger charge is -2.22. The number of aromatic carboxylic acids is 1. The van der Waals surface area contributed by atoms with Gasteiger partial charge in [-0.15, -0.1) is 0 Å². The molecule has 1 saturated carbocycles. The molecule has 9 heteroatoms. The zero-order chi connectivity index (χ0) is 26.4. The van der Waals surface area contributed by atoms with Crippen LogP contribution in [0.4, 0.5) is 10.2 Å². The fourth-order valence-corrected chi connectivity index (χ4v) is 4.68. The molecule has 1 amide bonds.